The van der Waals surface area contributed by atoms with E-state index >= 15 is 0 Å². The second-order valence-electron chi connectivity index (χ2n) is 7.30. The molecule has 1 fully saturated rings. The van der Waals surface area contributed by atoms with Gasteiger partial charge in [0.1, 0.15) is 0 Å². The minimum atomic E-state index is 0.692. The number of anilines is 2. The topological polar surface area (TPSA) is 51.6 Å². The standard InChI is InChI=1S/C22H28N4O2/c1-25-16-23-19-8-6-17(14-20(19)25)24-18-7-9-21(27-2)22(15-18)28-13-5-12-26-10-3-4-11-26/h6-9,14-16,24H,3-5,10-13H2,1-2H3. The fourth-order valence-corrected chi connectivity index (χ4v) is 3.71. The van der Waals surface area contributed by atoms with Crippen LogP contribution in [0.1, 0.15) is 19.3 Å². The summed E-state index contributed by atoms with van der Waals surface area (Å²) in [6.07, 6.45) is 5.51. The Bertz CT molecular complexity index is 931. The Kier molecular flexibility index (Phi) is 5.67. The van der Waals surface area contributed by atoms with Gasteiger partial charge in [-0.2, -0.15) is 0 Å². The molecule has 0 atom stereocenters. The molecule has 1 saturated heterocycles. The van der Waals surface area contributed by atoms with Gasteiger partial charge in [0.25, 0.3) is 0 Å². The molecule has 6 heteroatoms. The van der Waals surface area contributed by atoms with E-state index in [-0.39, 0.29) is 0 Å². The van der Waals surface area contributed by atoms with Gasteiger partial charge in [-0.1, -0.05) is 0 Å². The summed E-state index contributed by atoms with van der Waals surface area (Å²) < 4.78 is 13.5. The van der Waals surface area contributed by atoms with Crippen molar-refractivity contribution in [1.82, 2.24) is 14.5 Å². The monoisotopic (exact) mass is 380 g/mol. The van der Waals surface area contributed by atoms with E-state index in [1.807, 2.05) is 48.3 Å². The van der Waals surface area contributed by atoms with Gasteiger partial charge in [0.2, 0.25) is 0 Å². The summed E-state index contributed by atoms with van der Waals surface area (Å²) in [7, 11) is 3.68. The van der Waals surface area contributed by atoms with Crippen molar-refractivity contribution < 1.29 is 9.47 Å². The maximum absolute atomic E-state index is 6.04. The molecule has 0 bridgehead atoms. The van der Waals surface area contributed by atoms with Crippen LogP contribution in [-0.2, 0) is 7.05 Å². The van der Waals surface area contributed by atoms with Crippen LogP contribution in [0.2, 0.25) is 0 Å². The van der Waals surface area contributed by atoms with Gasteiger partial charge in [-0.3, -0.25) is 0 Å². The van der Waals surface area contributed by atoms with Crippen LogP contribution in [0.4, 0.5) is 11.4 Å². The van der Waals surface area contributed by atoms with E-state index in [9.17, 15) is 0 Å². The molecule has 1 aliphatic heterocycles. The highest BCUT2D eigenvalue weighted by atomic mass is 16.5. The fraction of sp³-hybridized carbons (Fsp3) is 0.409. The van der Waals surface area contributed by atoms with Gasteiger partial charge in [0, 0.05) is 31.0 Å². The predicted octanol–water partition coefficient (Wildman–Crippen LogP) is 4.19. The average molecular weight is 380 g/mol. The molecule has 0 radical (unpaired) electrons. The number of benzene rings is 2. The van der Waals surface area contributed by atoms with E-state index in [0.29, 0.717) is 6.61 Å². The first kappa shape index (κ1) is 18.6. The van der Waals surface area contributed by atoms with Crippen LogP contribution in [0.3, 0.4) is 0 Å². The number of methoxy groups -OCH3 is 1. The van der Waals surface area contributed by atoms with Crippen LogP contribution < -0.4 is 14.8 Å². The highest BCUT2D eigenvalue weighted by molar-refractivity contribution is 5.81. The first-order valence-electron chi connectivity index (χ1n) is 9.94. The smallest absolute Gasteiger partial charge is 0.163 e. The molecule has 1 N–H and O–H groups in total. The third-order valence-electron chi connectivity index (χ3n) is 5.25. The van der Waals surface area contributed by atoms with Gasteiger partial charge in [-0.15, -0.1) is 0 Å². The Morgan fingerprint density at radius 2 is 1.82 bits per heavy atom. The molecule has 0 aliphatic carbocycles. The van der Waals surface area contributed by atoms with Crippen LogP contribution in [0.15, 0.2) is 42.7 Å². The van der Waals surface area contributed by atoms with Gasteiger partial charge >= 0.3 is 0 Å². The van der Waals surface area contributed by atoms with Crippen molar-refractivity contribution in [3.63, 3.8) is 0 Å². The summed E-state index contributed by atoms with van der Waals surface area (Å²) in [5, 5.41) is 3.46. The number of aryl methyl sites for hydroxylation is 1. The molecule has 6 nitrogen and oxygen atoms in total. The zero-order valence-electron chi connectivity index (χ0n) is 16.6. The average Bonchev–Trinajstić information content (AvgIpc) is 3.36. The lowest BCUT2D eigenvalue weighted by molar-refractivity contribution is 0.254. The Hall–Kier alpha value is -2.73. The van der Waals surface area contributed by atoms with Crippen molar-refractivity contribution in [3.05, 3.63) is 42.7 Å². The number of imidazole rings is 1. The minimum Gasteiger partial charge on any atom is -0.493 e. The van der Waals surface area contributed by atoms with Gasteiger partial charge in [-0.25, -0.2) is 4.98 Å². The molecule has 4 rings (SSSR count). The number of ether oxygens (including phenoxy) is 2. The Morgan fingerprint density at radius 1 is 1.04 bits per heavy atom. The number of nitrogens with zero attached hydrogens (tertiary/aromatic N) is 3. The molecule has 2 aromatic carbocycles. The number of rotatable bonds is 8. The summed E-state index contributed by atoms with van der Waals surface area (Å²) in [5.74, 6) is 1.53. The summed E-state index contributed by atoms with van der Waals surface area (Å²) in [5.41, 5.74) is 4.07. The summed E-state index contributed by atoms with van der Waals surface area (Å²) >= 11 is 0. The lowest BCUT2D eigenvalue weighted by Crippen LogP contribution is -2.21. The molecule has 3 aromatic rings. The quantitative estimate of drug-likeness (QED) is 0.594. The highest BCUT2D eigenvalue weighted by Crippen LogP contribution is 2.32. The van der Waals surface area contributed by atoms with Gasteiger partial charge in [0.05, 0.1) is 31.1 Å². The zero-order valence-corrected chi connectivity index (χ0v) is 16.6. The number of nitrogens with one attached hydrogen (secondary N) is 1. The predicted molar refractivity (Wildman–Crippen MR) is 113 cm³/mol. The molecule has 0 spiro atoms. The minimum absolute atomic E-state index is 0.692. The van der Waals surface area contributed by atoms with E-state index in [2.05, 4.69) is 21.3 Å². The third-order valence-corrected chi connectivity index (χ3v) is 5.25. The highest BCUT2D eigenvalue weighted by Gasteiger charge is 2.11. The van der Waals surface area contributed by atoms with Crippen molar-refractivity contribution in [1.29, 1.82) is 0 Å². The van der Waals surface area contributed by atoms with Crippen molar-refractivity contribution in [2.45, 2.75) is 19.3 Å². The summed E-state index contributed by atoms with van der Waals surface area (Å²) in [4.78, 5) is 6.88. The van der Waals surface area contributed by atoms with Gasteiger partial charge in [0.15, 0.2) is 11.5 Å². The van der Waals surface area contributed by atoms with E-state index in [4.69, 9.17) is 9.47 Å². The first-order chi connectivity index (χ1) is 13.7. The van der Waals surface area contributed by atoms with Crippen LogP contribution in [0, 0.1) is 0 Å². The van der Waals surface area contributed by atoms with Crippen LogP contribution in [0.25, 0.3) is 11.0 Å². The normalized spacial score (nSPS) is 14.5. The molecular weight excluding hydrogens is 352 g/mol. The van der Waals surface area contributed by atoms with E-state index in [1.165, 1.54) is 25.9 Å². The number of likely N-dealkylation sites (tertiary alicyclic amines) is 1. The van der Waals surface area contributed by atoms with Crippen molar-refractivity contribution in [2.24, 2.45) is 7.05 Å². The van der Waals surface area contributed by atoms with E-state index in [1.54, 1.807) is 7.11 Å². The summed E-state index contributed by atoms with van der Waals surface area (Å²) in [6, 6.07) is 12.1. The lowest BCUT2D eigenvalue weighted by atomic mass is 10.2. The number of fused-ring (bicyclic) bond motifs is 1. The molecule has 148 valence electrons. The number of hydrogen-bond donors (Lipinski definition) is 1. The van der Waals surface area contributed by atoms with Crippen molar-refractivity contribution in [3.8, 4) is 11.5 Å². The van der Waals surface area contributed by atoms with Crippen molar-refractivity contribution in [2.75, 3.05) is 38.7 Å². The second-order valence-corrected chi connectivity index (χ2v) is 7.30. The molecular formula is C22H28N4O2. The molecule has 1 aromatic heterocycles. The second kappa shape index (κ2) is 8.52. The maximum Gasteiger partial charge on any atom is 0.163 e. The maximum atomic E-state index is 6.04. The van der Waals surface area contributed by atoms with Crippen LogP contribution >= 0.6 is 0 Å². The Morgan fingerprint density at radius 3 is 2.64 bits per heavy atom. The number of hydrogen-bond acceptors (Lipinski definition) is 5. The molecule has 0 saturated carbocycles. The zero-order chi connectivity index (χ0) is 19.3. The molecule has 28 heavy (non-hydrogen) atoms. The molecule has 0 amide bonds. The van der Waals surface area contributed by atoms with Gasteiger partial charge in [-0.05, 0) is 62.7 Å². The molecule has 1 aliphatic rings. The lowest BCUT2D eigenvalue weighted by Gasteiger charge is -2.16. The SMILES string of the molecule is COc1ccc(Nc2ccc3ncn(C)c3c2)cc1OCCCN1CCCC1. The molecule has 2 heterocycles. The Labute approximate surface area is 166 Å². The largest absolute Gasteiger partial charge is 0.493 e. The number of aromatic nitrogens is 2. The van der Waals surface area contributed by atoms with Crippen molar-refractivity contribution >= 4 is 22.4 Å². The van der Waals surface area contributed by atoms with E-state index in [0.717, 1.165) is 46.9 Å². The van der Waals surface area contributed by atoms with Gasteiger partial charge < -0.3 is 24.3 Å². The first-order valence-corrected chi connectivity index (χ1v) is 9.94. The fourth-order valence-electron chi connectivity index (χ4n) is 3.71. The Balaban J connectivity index is 1.42. The van der Waals surface area contributed by atoms with E-state index < -0.39 is 0 Å². The van der Waals surface area contributed by atoms with Crippen LogP contribution in [0.5, 0.6) is 11.5 Å². The summed E-state index contributed by atoms with van der Waals surface area (Å²) in [6.45, 7) is 4.25. The van der Waals surface area contributed by atoms with Crippen LogP contribution in [-0.4, -0.2) is 47.8 Å². The molecule has 0 unspecified atom stereocenters. The third kappa shape index (κ3) is 4.22.